The zero-order valence-electron chi connectivity index (χ0n) is 15.9. The standard InChI is InChI=1S/C19H36N4O/c1-4-20-18(23-8-5-19(14-23)6-10-24-15-19)21-7-9-22-12-16(2)11-17(3)13-22/h16-17H,4-15H2,1-3H3,(H,20,21). The van der Waals surface area contributed by atoms with Gasteiger partial charge in [0.25, 0.3) is 0 Å². The third-order valence-electron chi connectivity index (χ3n) is 5.88. The molecule has 0 bridgehead atoms. The smallest absolute Gasteiger partial charge is 0.193 e. The summed E-state index contributed by atoms with van der Waals surface area (Å²) in [6.07, 6.45) is 3.84. The molecule has 1 spiro atoms. The van der Waals surface area contributed by atoms with E-state index in [9.17, 15) is 0 Å². The SMILES string of the molecule is CCNC(=NCCN1CC(C)CC(C)C1)N1CCC2(CCOC2)C1. The highest BCUT2D eigenvalue weighted by molar-refractivity contribution is 5.80. The van der Waals surface area contributed by atoms with Crippen LogP contribution in [-0.2, 0) is 4.74 Å². The fourth-order valence-corrected chi connectivity index (χ4v) is 4.79. The Morgan fingerprint density at radius 2 is 2.04 bits per heavy atom. The van der Waals surface area contributed by atoms with Crippen molar-refractivity contribution in [1.29, 1.82) is 0 Å². The summed E-state index contributed by atoms with van der Waals surface area (Å²) in [6.45, 7) is 16.4. The lowest BCUT2D eigenvalue weighted by atomic mass is 9.87. The third-order valence-corrected chi connectivity index (χ3v) is 5.88. The van der Waals surface area contributed by atoms with Crippen LogP contribution in [0.25, 0.3) is 0 Å². The number of ether oxygens (including phenoxy) is 1. The molecule has 5 heteroatoms. The van der Waals surface area contributed by atoms with E-state index in [4.69, 9.17) is 9.73 Å². The van der Waals surface area contributed by atoms with Crippen LogP contribution in [0, 0.1) is 17.3 Å². The summed E-state index contributed by atoms with van der Waals surface area (Å²) in [5.74, 6) is 2.76. The van der Waals surface area contributed by atoms with Crippen LogP contribution in [0.4, 0.5) is 0 Å². The maximum atomic E-state index is 5.66. The maximum Gasteiger partial charge on any atom is 0.193 e. The Morgan fingerprint density at radius 3 is 2.71 bits per heavy atom. The van der Waals surface area contributed by atoms with Gasteiger partial charge in [-0.2, -0.15) is 0 Å². The van der Waals surface area contributed by atoms with E-state index >= 15 is 0 Å². The van der Waals surface area contributed by atoms with Gasteiger partial charge in [0, 0.05) is 51.3 Å². The highest BCUT2D eigenvalue weighted by Crippen LogP contribution is 2.38. The average Bonchev–Trinajstić information content (AvgIpc) is 3.16. The zero-order valence-corrected chi connectivity index (χ0v) is 15.9. The summed E-state index contributed by atoms with van der Waals surface area (Å²) >= 11 is 0. The van der Waals surface area contributed by atoms with Crippen LogP contribution in [0.2, 0.25) is 0 Å². The van der Waals surface area contributed by atoms with Crippen molar-refractivity contribution in [2.45, 2.75) is 40.0 Å². The maximum absolute atomic E-state index is 5.66. The van der Waals surface area contributed by atoms with E-state index in [0.29, 0.717) is 5.41 Å². The van der Waals surface area contributed by atoms with Crippen LogP contribution in [0.3, 0.4) is 0 Å². The van der Waals surface area contributed by atoms with Gasteiger partial charge in [-0.25, -0.2) is 0 Å². The number of nitrogens with one attached hydrogen (secondary N) is 1. The number of hydrogen-bond acceptors (Lipinski definition) is 3. The second-order valence-electron chi connectivity index (χ2n) is 8.42. The van der Waals surface area contributed by atoms with Gasteiger partial charge in [0.2, 0.25) is 0 Å². The molecule has 0 radical (unpaired) electrons. The molecule has 3 rings (SSSR count). The molecule has 3 atom stereocenters. The normalized spacial score (nSPS) is 35.1. The van der Waals surface area contributed by atoms with Crippen molar-refractivity contribution in [3.8, 4) is 0 Å². The second kappa shape index (κ2) is 8.05. The van der Waals surface area contributed by atoms with Gasteiger partial charge in [0.05, 0.1) is 13.2 Å². The van der Waals surface area contributed by atoms with Crippen LogP contribution in [0.15, 0.2) is 4.99 Å². The predicted octanol–water partition coefficient (Wildman–Crippen LogP) is 2.04. The molecule has 3 aliphatic heterocycles. The van der Waals surface area contributed by atoms with Crippen molar-refractivity contribution in [2.75, 3.05) is 59.0 Å². The fraction of sp³-hybridized carbons (Fsp3) is 0.947. The van der Waals surface area contributed by atoms with E-state index in [1.165, 1.54) is 32.4 Å². The van der Waals surface area contributed by atoms with Gasteiger partial charge in [-0.15, -0.1) is 0 Å². The minimum atomic E-state index is 0.397. The van der Waals surface area contributed by atoms with Crippen molar-refractivity contribution in [1.82, 2.24) is 15.1 Å². The van der Waals surface area contributed by atoms with Crippen LogP contribution < -0.4 is 5.32 Å². The lowest BCUT2D eigenvalue weighted by Gasteiger charge is -2.34. The first-order valence-corrected chi connectivity index (χ1v) is 9.93. The zero-order chi connectivity index (χ0) is 17.0. The Bertz CT molecular complexity index is 423. The average molecular weight is 337 g/mol. The Labute approximate surface area is 147 Å². The molecule has 0 aromatic carbocycles. The number of guanidine groups is 1. The molecule has 138 valence electrons. The minimum Gasteiger partial charge on any atom is -0.381 e. The minimum absolute atomic E-state index is 0.397. The first-order valence-electron chi connectivity index (χ1n) is 9.93. The van der Waals surface area contributed by atoms with E-state index < -0.39 is 0 Å². The fourth-order valence-electron chi connectivity index (χ4n) is 4.79. The number of nitrogens with zero attached hydrogens (tertiary/aromatic N) is 3. The van der Waals surface area contributed by atoms with Gasteiger partial charge >= 0.3 is 0 Å². The molecule has 0 aromatic heterocycles. The quantitative estimate of drug-likeness (QED) is 0.630. The number of piperidine rings is 1. The molecule has 0 amide bonds. The Balaban J connectivity index is 1.52. The largest absolute Gasteiger partial charge is 0.381 e. The predicted molar refractivity (Wildman–Crippen MR) is 99.4 cm³/mol. The monoisotopic (exact) mass is 336 g/mol. The van der Waals surface area contributed by atoms with Gasteiger partial charge in [-0.05, 0) is 38.0 Å². The molecular weight excluding hydrogens is 300 g/mol. The van der Waals surface area contributed by atoms with E-state index in [1.807, 2.05) is 0 Å². The van der Waals surface area contributed by atoms with Gasteiger partial charge in [-0.3, -0.25) is 4.99 Å². The number of hydrogen-bond donors (Lipinski definition) is 1. The number of aliphatic imine (C=N–C) groups is 1. The molecule has 3 heterocycles. The molecule has 24 heavy (non-hydrogen) atoms. The van der Waals surface area contributed by atoms with E-state index in [2.05, 4.69) is 35.9 Å². The first kappa shape index (κ1) is 18.0. The van der Waals surface area contributed by atoms with Gasteiger partial charge in [0.1, 0.15) is 0 Å². The molecule has 0 saturated carbocycles. The van der Waals surface area contributed by atoms with Gasteiger partial charge in [0.15, 0.2) is 5.96 Å². The summed E-state index contributed by atoms with van der Waals surface area (Å²) < 4.78 is 5.66. The Hall–Kier alpha value is -0.810. The third kappa shape index (κ3) is 4.42. The molecule has 3 saturated heterocycles. The number of rotatable bonds is 4. The lowest BCUT2D eigenvalue weighted by molar-refractivity contribution is 0.145. The molecule has 3 unspecified atom stereocenters. The summed E-state index contributed by atoms with van der Waals surface area (Å²) in [4.78, 5) is 10.0. The van der Waals surface area contributed by atoms with E-state index in [1.54, 1.807) is 0 Å². The van der Waals surface area contributed by atoms with E-state index in [-0.39, 0.29) is 0 Å². The molecule has 0 aliphatic carbocycles. The lowest BCUT2D eigenvalue weighted by Crippen LogP contribution is -2.43. The van der Waals surface area contributed by atoms with Crippen molar-refractivity contribution in [3.63, 3.8) is 0 Å². The Morgan fingerprint density at radius 1 is 1.25 bits per heavy atom. The Kier molecular flexibility index (Phi) is 6.03. The molecular formula is C19H36N4O. The first-order chi connectivity index (χ1) is 11.6. The van der Waals surface area contributed by atoms with Crippen LogP contribution >= 0.6 is 0 Å². The van der Waals surface area contributed by atoms with Crippen molar-refractivity contribution < 1.29 is 4.74 Å². The van der Waals surface area contributed by atoms with Crippen molar-refractivity contribution in [3.05, 3.63) is 0 Å². The molecule has 0 aromatic rings. The highest BCUT2D eigenvalue weighted by atomic mass is 16.5. The van der Waals surface area contributed by atoms with Crippen LogP contribution in [0.5, 0.6) is 0 Å². The summed E-state index contributed by atoms with van der Waals surface area (Å²) in [5.41, 5.74) is 0.397. The molecule has 3 fully saturated rings. The van der Waals surface area contributed by atoms with E-state index in [0.717, 1.165) is 63.7 Å². The topological polar surface area (TPSA) is 40.1 Å². The molecule has 1 N–H and O–H groups in total. The molecule has 5 nitrogen and oxygen atoms in total. The number of likely N-dealkylation sites (tertiary alicyclic amines) is 2. The summed E-state index contributed by atoms with van der Waals surface area (Å²) in [6, 6.07) is 0. The van der Waals surface area contributed by atoms with Crippen molar-refractivity contribution in [2.24, 2.45) is 22.2 Å². The highest BCUT2D eigenvalue weighted by Gasteiger charge is 2.42. The summed E-state index contributed by atoms with van der Waals surface area (Å²) in [5, 5.41) is 3.50. The van der Waals surface area contributed by atoms with Crippen LogP contribution in [-0.4, -0.2) is 74.8 Å². The van der Waals surface area contributed by atoms with Gasteiger partial charge < -0.3 is 19.9 Å². The second-order valence-corrected chi connectivity index (χ2v) is 8.42. The molecule has 3 aliphatic rings. The van der Waals surface area contributed by atoms with Crippen LogP contribution in [0.1, 0.15) is 40.0 Å². The summed E-state index contributed by atoms with van der Waals surface area (Å²) in [7, 11) is 0. The van der Waals surface area contributed by atoms with Crippen molar-refractivity contribution >= 4 is 5.96 Å². The van der Waals surface area contributed by atoms with Gasteiger partial charge in [-0.1, -0.05) is 13.8 Å².